The summed E-state index contributed by atoms with van der Waals surface area (Å²) in [5, 5.41) is 2.90. The number of rotatable bonds is 5. The van der Waals surface area contributed by atoms with E-state index in [1.54, 1.807) is 0 Å². The monoisotopic (exact) mass is 454 g/mol. The van der Waals surface area contributed by atoms with Gasteiger partial charge in [-0.25, -0.2) is 18.2 Å². The lowest BCUT2D eigenvalue weighted by Gasteiger charge is -2.09. The Bertz CT molecular complexity index is 1290. The summed E-state index contributed by atoms with van der Waals surface area (Å²) in [5.41, 5.74) is 1.75. The number of furan rings is 1. The lowest BCUT2D eigenvalue weighted by Crippen LogP contribution is -2.10. The third-order valence-corrected chi connectivity index (χ3v) is 5.11. The zero-order chi connectivity index (χ0) is 22.3. The number of carbonyl (C=O) groups is 1. The van der Waals surface area contributed by atoms with Crippen LogP contribution in [0.3, 0.4) is 0 Å². The van der Waals surface area contributed by atoms with Crippen molar-refractivity contribution in [1.82, 2.24) is 4.98 Å². The number of hydrogen-bond donors (Lipinski definition) is 1. The Balaban J connectivity index is 1.46. The molecule has 0 aliphatic rings. The van der Waals surface area contributed by atoms with Gasteiger partial charge in [-0.3, -0.25) is 10.1 Å². The molecule has 0 fully saturated rings. The highest BCUT2D eigenvalue weighted by Crippen LogP contribution is 2.30. The van der Waals surface area contributed by atoms with E-state index >= 15 is 0 Å². The van der Waals surface area contributed by atoms with Crippen molar-refractivity contribution in [1.29, 1.82) is 0 Å². The minimum Gasteiger partial charge on any atom is -0.479 e. The van der Waals surface area contributed by atoms with Crippen LogP contribution in [0.2, 0.25) is 0 Å². The smallest absolute Gasteiger partial charge is 0.293 e. The van der Waals surface area contributed by atoms with Crippen molar-refractivity contribution in [2.24, 2.45) is 0 Å². The Labute approximate surface area is 175 Å². The third-order valence-electron chi connectivity index (χ3n) is 4.18. The molecule has 0 spiro atoms. The molecule has 4 aromatic rings. The zero-order valence-electron chi connectivity index (χ0n) is 15.6. The molecule has 0 aliphatic carbocycles. The van der Waals surface area contributed by atoms with E-state index in [9.17, 15) is 26.7 Å². The van der Waals surface area contributed by atoms with Crippen LogP contribution in [0.1, 0.15) is 21.9 Å². The fourth-order valence-corrected chi connectivity index (χ4v) is 3.64. The molecule has 0 bridgehead atoms. The van der Waals surface area contributed by atoms with Gasteiger partial charge < -0.3 is 9.15 Å². The van der Waals surface area contributed by atoms with E-state index in [-0.39, 0.29) is 11.5 Å². The first-order valence-electron chi connectivity index (χ1n) is 8.66. The lowest BCUT2D eigenvalue weighted by molar-refractivity contribution is 0.0992. The van der Waals surface area contributed by atoms with Crippen molar-refractivity contribution in [3.05, 3.63) is 76.5 Å². The van der Waals surface area contributed by atoms with Gasteiger partial charge in [0.15, 0.2) is 16.6 Å². The topological polar surface area (TPSA) is 64.4 Å². The molecule has 0 unspecified atom stereocenters. The van der Waals surface area contributed by atoms with Crippen LogP contribution in [0.5, 0.6) is 5.75 Å². The molecule has 2 aromatic heterocycles. The first-order valence-corrected chi connectivity index (χ1v) is 9.47. The van der Waals surface area contributed by atoms with Gasteiger partial charge in [0.05, 0.1) is 10.2 Å². The van der Waals surface area contributed by atoms with Gasteiger partial charge in [-0.05, 0) is 36.8 Å². The van der Waals surface area contributed by atoms with E-state index in [0.717, 1.165) is 10.3 Å². The summed E-state index contributed by atoms with van der Waals surface area (Å²) in [5.74, 6) is -13.1. The molecule has 160 valence electrons. The van der Waals surface area contributed by atoms with Gasteiger partial charge in [0, 0.05) is 0 Å². The molecule has 0 atom stereocenters. The molecule has 2 heterocycles. The van der Waals surface area contributed by atoms with Crippen LogP contribution in [-0.4, -0.2) is 10.9 Å². The third kappa shape index (κ3) is 3.96. The fraction of sp³-hybridized carbons (Fsp3) is 0.100. The number of carbonyl (C=O) groups excluding carboxylic acids is 1. The average molecular weight is 454 g/mol. The van der Waals surface area contributed by atoms with Gasteiger partial charge in [0.25, 0.3) is 5.91 Å². The SMILES string of the molecule is Cc1ccc2nc(NC(=O)c3ccc(COc4c(F)c(F)c(F)c(F)c4F)o3)sc2c1. The van der Waals surface area contributed by atoms with E-state index in [1.165, 1.54) is 23.5 Å². The number of aromatic nitrogens is 1. The molecule has 0 saturated carbocycles. The number of thiazole rings is 1. The maximum absolute atomic E-state index is 13.6. The Kier molecular flexibility index (Phi) is 5.36. The molecule has 0 saturated heterocycles. The Morgan fingerprint density at radius 1 is 1.03 bits per heavy atom. The van der Waals surface area contributed by atoms with E-state index in [1.807, 2.05) is 25.1 Å². The highest BCUT2D eigenvalue weighted by Gasteiger charge is 2.27. The fourth-order valence-electron chi connectivity index (χ4n) is 2.68. The average Bonchev–Trinajstić information content (AvgIpc) is 3.37. The van der Waals surface area contributed by atoms with E-state index < -0.39 is 47.3 Å². The van der Waals surface area contributed by atoms with Crippen molar-refractivity contribution in [3.8, 4) is 5.75 Å². The largest absolute Gasteiger partial charge is 0.479 e. The second kappa shape index (κ2) is 7.99. The quantitative estimate of drug-likeness (QED) is 0.238. The van der Waals surface area contributed by atoms with Crippen LogP contribution in [0.4, 0.5) is 27.1 Å². The second-order valence-electron chi connectivity index (χ2n) is 6.40. The number of hydrogen-bond acceptors (Lipinski definition) is 5. The molecule has 2 aromatic carbocycles. The number of fused-ring (bicyclic) bond motifs is 1. The molecular weight excluding hydrogens is 443 g/mol. The summed E-state index contributed by atoms with van der Waals surface area (Å²) in [6.45, 7) is 1.25. The number of aryl methyl sites for hydroxylation is 1. The lowest BCUT2D eigenvalue weighted by atomic mass is 10.2. The normalized spacial score (nSPS) is 11.2. The molecule has 5 nitrogen and oxygen atoms in total. The summed E-state index contributed by atoms with van der Waals surface area (Å²) in [4.78, 5) is 16.6. The number of anilines is 1. The Morgan fingerprint density at radius 3 is 2.42 bits per heavy atom. The Hall–Kier alpha value is -3.47. The summed E-state index contributed by atoms with van der Waals surface area (Å²) < 4.78 is 77.6. The number of ether oxygens (including phenoxy) is 1. The van der Waals surface area contributed by atoms with Crippen molar-refractivity contribution in [3.63, 3.8) is 0 Å². The van der Waals surface area contributed by atoms with Gasteiger partial charge >= 0.3 is 0 Å². The van der Waals surface area contributed by atoms with E-state index in [4.69, 9.17) is 9.15 Å². The van der Waals surface area contributed by atoms with Crippen LogP contribution >= 0.6 is 11.3 Å². The first kappa shape index (κ1) is 20.8. The number of amides is 1. The summed E-state index contributed by atoms with van der Waals surface area (Å²) in [6, 6.07) is 8.16. The summed E-state index contributed by atoms with van der Waals surface area (Å²) >= 11 is 1.26. The maximum Gasteiger partial charge on any atom is 0.293 e. The first-order chi connectivity index (χ1) is 14.7. The molecular formula is C20H11F5N2O3S. The van der Waals surface area contributed by atoms with E-state index in [2.05, 4.69) is 10.3 Å². The van der Waals surface area contributed by atoms with Crippen LogP contribution < -0.4 is 10.1 Å². The predicted molar refractivity (Wildman–Crippen MR) is 102 cm³/mol. The van der Waals surface area contributed by atoms with Gasteiger partial charge in [0.2, 0.25) is 29.1 Å². The van der Waals surface area contributed by atoms with E-state index in [0.29, 0.717) is 10.6 Å². The number of halogens is 5. The highest BCUT2D eigenvalue weighted by atomic mass is 32.1. The highest BCUT2D eigenvalue weighted by molar-refractivity contribution is 7.22. The second-order valence-corrected chi connectivity index (χ2v) is 7.43. The van der Waals surface area contributed by atoms with Gasteiger partial charge in [-0.15, -0.1) is 0 Å². The predicted octanol–water partition coefficient (Wildman–Crippen LogP) is 5.72. The molecule has 11 heteroatoms. The van der Waals surface area contributed by atoms with Crippen molar-refractivity contribution in [2.75, 3.05) is 5.32 Å². The van der Waals surface area contributed by atoms with Gasteiger partial charge in [-0.2, -0.15) is 8.78 Å². The standard InChI is InChI=1S/C20H11F5N2O3S/c1-8-2-4-10-12(6-8)31-20(26-10)27-19(28)11-5-3-9(30-11)7-29-18-16(24)14(22)13(21)15(23)17(18)25/h2-6H,7H2,1H3,(H,26,27,28). The molecule has 1 amide bonds. The summed E-state index contributed by atoms with van der Waals surface area (Å²) in [7, 11) is 0. The maximum atomic E-state index is 13.6. The van der Waals surface area contributed by atoms with Crippen LogP contribution in [0.15, 0.2) is 34.7 Å². The van der Waals surface area contributed by atoms with Crippen LogP contribution in [0, 0.1) is 36.0 Å². The van der Waals surface area contributed by atoms with Gasteiger partial charge in [-0.1, -0.05) is 17.4 Å². The van der Waals surface area contributed by atoms with Crippen LogP contribution in [-0.2, 0) is 6.61 Å². The number of benzene rings is 2. The van der Waals surface area contributed by atoms with Crippen LogP contribution in [0.25, 0.3) is 10.2 Å². The van der Waals surface area contributed by atoms with Crippen molar-refractivity contribution in [2.45, 2.75) is 13.5 Å². The van der Waals surface area contributed by atoms with Gasteiger partial charge in [0.1, 0.15) is 12.4 Å². The zero-order valence-corrected chi connectivity index (χ0v) is 16.4. The minimum absolute atomic E-state index is 0.0750. The Morgan fingerprint density at radius 2 is 1.71 bits per heavy atom. The minimum atomic E-state index is -2.29. The van der Waals surface area contributed by atoms with Crippen molar-refractivity contribution < 1.29 is 35.9 Å². The molecule has 31 heavy (non-hydrogen) atoms. The molecule has 0 radical (unpaired) electrons. The summed E-state index contributed by atoms with van der Waals surface area (Å²) in [6.07, 6.45) is 0. The number of nitrogens with zero attached hydrogens (tertiary/aromatic N) is 1. The van der Waals surface area contributed by atoms with Crippen molar-refractivity contribution >= 4 is 32.6 Å². The number of nitrogens with one attached hydrogen (secondary N) is 1. The molecule has 4 rings (SSSR count). The molecule has 0 aliphatic heterocycles. The molecule has 1 N–H and O–H groups in total.